The molecule has 0 spiro atoms. The smallest absolute Gasteiger partial charge is 0.326 e. The fourth-order valence-corrected chi connectivity index (χ4v) is 1.76. The summed E-state index contributed by atoms with van der Waals surface area (Å²) in [5, 5.41) is 9.11. The van der Waals surface area contributed by atoms with Crippen molar-refractivity contribution >= 4 is 17.6 Å². The van der Waals surface area contributed by atoms with Gasteiger partial charge in [-0.15, -0.1) is 0 Å². The monoisotopic (exact) mass is 251 g/mol. The molecule has 1 N–H and O–H groups in total. The van der Waals surface area contributed by atoms with E-state index in [-0.39, 0.29) is 0 Å². The maximum atomic E-state index is 11.1. The lowest BCUT2D eigenvalue weighted by atomic mass is 10.2. The minimum absolute atomic E-state index is 0.444. The van der Waals surface area contributed by atoms with Gasteiger partial charge < -0.3 is 14.7 Å². The molecule has 0 aliphatic carbocycles. The van der Waals surface area contributed by atoms with Crippen LogP contribution >= 0.6 is 0 Å². The molecule has 0 aliphatic heterocycles. The van der Waals surface area contributed by atoms with Crippen LogP contribution in [-0.2, 0) is 14.3 Å². The molecular weight excluding hydrogens is 234 g/mol. The van der Waals surface area contributed by atoms with Gasteiger partial charge >= 0.3 is 11.9 Å². The number of carbonyl (C=O) groups is 2. The summed E-state index contributed by atoms with van der Waals surface area (Å²) in [7, 11) is 0. The van der Waals surface area contributed by atoms with Crippen LogP contribution in [0.25, 0.3) is 0 Å². The first kappa shape index (κ1) is 14.0. The van der Waals surface area contributed by atoms with Crippen molar-refractivity contribution in [2.24, 2.45) is 0 Å². The van der Waals surface area contributed by atoms with Crippen LogP contribution in [0.5, 0.6) is 0 Å². The first-order chi connectivity index (χ1) is 8.43. The van der Waals surface area contributed by atoms with Crippen LogP contribution in [0.4, 0.5) is 5.69 Å². The summed E-state index contributed by atoms with van der Waals surface area (Å²) in [6.45, 7) is 4.49. The molecule has 1 rings (SSSR count). The van der Waals surface area contributed by atoms with Crippen LogP contribution in [-0.4, -0.2) is 29.3 Å². The molecule has 0 saturated heterocycles. The van der Waals surface area contributed by atoms with Gasteiger partial charge in [0.1, 0.15) is 6.04 Å². The number of carboxylic acid groups (broad SMARTS) is 1. The largest absolute Gasteiger partial charge is 0.480 e. The second kappa shape index (κ2) is 6.05. The Kier molecular flexibility index (Phi) is 4.71. The number of para-hydroxylation sites is 1. The summed E-state index contributed by atoms with van der Waals surface area (Å²) < 4.78 is 5.06. The van der Waals surface area contributed by atoms with Gasteiger partial charge in [-0.3, -0.25) is 4.79 Å². The van der Waals surface area contributed by atoms with Crippen LogP contribution in [0, 0.1) is 0 Å². The molecule has 18 heavy (non-hydrogen) atoms. The van der Waals surface area contributed by atoms with E-state index in [0.717, 1.165) is 0 Å². The first-order valence-electron chi connectivity index (χ1n) is 5.67. The highest BCUT2D eigenvalue weighted by Gasteiger charge is 2.27. The number of aliphatic carboxylic acids is 1. The van der Waals surface area contributed by atoms with Crippen molar-refractivity contribution in [2.45, 2.75) is 33.0 Å². The molecule has 1 aromatic carbocycles. The highest BCUT2D eigenvalue weighted by atomic mass is 16.6. The maximum Gasteiger partial charge on any atom is 0.326 e. The summed E-state index contributed by atoms with van der Waals surface area (Å²) in [6.07, 6.45) is -0.643. The van der Waals surface area contributed by atoms with Gasteiger partial charge in [0.05, 0.1) is 0 Å². The van der Waals surface area contributed by atoms with Crippen LogP contribution in [0.2, 0.25) is 0 Å². The molecular formula is C13H17NO4. The number of hydrogen-bond acceptors (Lipinski definition) is 4. The first-order valence-corrected chi connectivity index (χ1v) is 5.67. The number of ether oxygens (including phenoxy) is 1. The van der Waals surface area contributed by atoms with Crippen molar-refractivity contribution in [3.8, 4) is 0 Å². The van der Waals surface area contributed by atoms with Gasteiger partial charge in [0.25, 0.3) is 0 Å². The van der Waals surface area contributed by atoms with Crippen molar-refractivity contribution in [1.82, 2.24) is 0 Å². The SMILES string of the molecule is CC(=O)OC(C)N(c1ccccc1)C(C)C(=O)O. The number of carboxylic acids is 1. The summed E-state index contributed by atoms with van der Waals surface area (Å²) in [4.78, 5) is 23.7. The van der Waals surface area contributed by atoms with E-state index in [0.29, 0.717) is 5.69 Å². The molecule has 1 aromatic rings. The molecule has 5 heteroatoms. The molecule has 0 bridgehead atoms. The van der Waals surface area contributed by atoms with E-state index in [1.165, 1.54) is 6.92 Å². The van der Waals surface area contributed by atoms with E-state index in [2.05, 4.69) is 0 Å². The fraction of sp³-hybridized carbons (Fsp3) is 0.385. The lowest BCUT2D eigenvalue weighted by molar-refractivity contribution is -0.148. The third kappa shape index (κ3) is 3.48. The number of rotatable bonds is 5. The zero-order chi connectivity index (χ0) is 13.7. The second-order valence-corrected chi connectivity index (χ2v) is 3.97. The molecule has 98 valence electrons. The number of hydrogen-bond donors (Lipinski definition) is 1. The standard InChI is InChI=1S/C13H17NO4/c1-9(13(16)17)14(10(2)18-11(3)15)12-7-5-4-6-8-12/h4-10H,1-3H3,(H,16,17). The normalized spacial score (nSPS) is 13.5. The van der Waals surface area contributed by atoms with Gasteiger partial charge in [-0.1, -0.05) is 18.2 Å². The van der Waals surface area contributed by atoms with Crippen molar-refractivity contribution in [1.29, 1.82) is 0 Å². The maximum absolute atomic E-state index is 11.1. The Hall–Kier alpha value is -2.04. The summed E-state index contributed by atoms with van der Waals surface area (Å²) in [5.74, 6) is -1.42. The molecule has 0 amide bonds. The molecule has 5 nitrogen and oxygen atoms in total. The zero-order valence-electron chi connectivity index (χ0n) is 10.7. The van der Waals surface area contributed by atoms with Crippen LogP contribution in [0.3, 0.4) is 0 Å². The van der Waals surface area contributed by atoms with E-state index < -0.39 is 24.2 Å². The molecule has 0 heterocycles. The summed E-state index contributed by atoms with van der Waals surface area (Å²) in [6, 6.07) is 8.21. The fourth-order valence-electron chi connectivity index (χ4n) is 1.76. The molecule has 0 fully saturated rings. The highest BCUT2D eigenvalue weighted by molar-refractivity contribution is 5.78. The van der Waals surface area contributed by atoms with Crippen LogP contribution in [0.1, 0.15) is 20.8 Å². The average Bonchev–Trinajstić information content (AvgIpc) is 2.29. The van der Waals surface area contributed by atoms with E-state index >= 15 is 0 Å². The minimum Gasteiger partial charge on any atom is -0.480 e. The Bertz CT molecular complexity index is 418. The third-order valence-electron chi connectivity index (χ3n) is 2.56. The number of anilines is 1. The lowest BCUT2D eigenvalue weighted by Gasteiger charge is -2.33. The van der Waals surface area contributed by atoms with Gasteiger partial charge in [-0.05, 0) is 26.0 Å². The highest BCUT2D eigenvalue weighted by Crippen LogP contribution is 2.20. The van der Waals surface area contributed by atoms with E-state index in [1.807, 2.05) is 6.07 Å². The van der Waals surface area contributed by atoms with E-state index in [4.69, 9.17) is 9.84 Å². The molecule has 0 aromatic heterocycles. The topological polar surface area (TPSA) is 66.8 Å². The summed E-state index contributed by atoms with van der Waals surface area (Å²) >= 11 is 0. The predicted octanol–water partition coefficient (Wildman–Crippen LogP) is 1.88. The number of benzene rings is 1. The molecule has 0 radical (unpaired) electrons. The van der Waals surface area contributed by atoms with Crippen LogP contribution in [0.15, 0.2) is 30.3 Å². The van der Waals surface area contributed by atoms with Gasteiger partial charge in [-0.2, -0.15) is 0 Å². The van der Waals surface area contributed by atoms with Gasteiger partial charge in [0.2, 0.25) is 0 Å². The molecule has 0 aliphatic rings. The van der Waals surface area contributed by atoms with Crippen molar-refractivity contribution in [2.75, 3.05) is 4.90 Å². The minimum atomic E-state index is -0.974. The van der Waals surface area contributed by atoms with Crippen molar-refractivity contribution in [3.05, 3.63) is 30.3 Å². The number of carbonyl (C=O) groups excluding carboxylic acids is 1. The lowest BCUT2D eigenvalue weighted by Crippen LogP contribution is -2.46. The van der Waals surface area contributed by atoms with Gasteiger partial charge in [0.15, 0.2) is 6.23 Å². The van der Waals surface area contributed by atoms with Crippen molar-refractivity contribution < 1.29 is 19.4 Å². The molecule has 2 unspecified atom stereocenters. The van der Waals surface area contributed by atoms with Gasteiger partial charge in [0, 0.05) is 12.6 Å². The molecule has 2 atom stereocenters. The van der Waals surface area contributed by atoms with E-state index in [9.17, 15) is 9.59 Å². The summed E-state index contributed by atoms with van der Waals surface area (Å²) in [5.41, 5.74) is 0.696. The Morgan fingerprint density at radius 2 is 1.78 bits per heavy atom. The third-order valence-corrected chi connectivity index (χ3v) is 2.56. The average molecular weight is 251 g/mol. The Morgan fingerprint density at radius 3 is 2.22 bits per heavy atom. The predicted molar refractivity (Wildman–Crippen MR) is 67.2 cm³/mol. The van der Waals surface area contributed by atoms with Gasteiger partial charge in [-0.25, -0.2) is 4.79 Å². The Labute approximate surface area is 106 Å². The second-order valence-electron chi connectivity index (χ2n) is 3.97. The molecule has 0 saturated carbocycles. The number of esters is 1. The van der Waals surface area contributed by atoms with E-state index in [1.54, 1.807) is 43.0 Å². The zero-order valence-corrected chi connectivity index (χ0v) is 10.7. The number of nitrogens with zero attached hydrogens (tertiary/aromatic N) is 1. The van der Waals surface area contributed by atoms with Crippen LogP contribution < -0.4 is 4.90 Å². The van der Waals surface area contributed by atoms with Crippen molar-refractivity contribution in [3.63, 3.8) is 0 Å². The Morgan fingerprint density at radius 1 is 1.22 bits per heavy atom. The Balaban J connectivity index is 3.02. The quantitative estimate of drug-likeness (QED) is 0.639.